The van der Waals surface area contributed by atoms with Gasteiger partial charge in [0, 0.05) is 0 Å². The number of hydrogen-bond acceptors (Lipinski definition) is 3. The number of ether oxygens (including phenoxy) is 1. The van der Waals surface area contributed by atoms with Gasteiger partial charge in [-0.05, 0) is 42.5 Å². The van der Waals surface area contributed by atoms with Gasteiger partial charge in [-0.25, -0.2) is 4.79 Å². The van der Waals surface area contributed by atoms with Gasteiger partial charge in [0.15, 0.2) is 6.61 Å². The van der Waals surface area contributed by atoms with Crippen molar-refractivity contribution in [2.45, 2.75) is 33.2 Å². The van der Waals surface area contributed by atoms with Gasteiger partial charge in [-0.3, -0.25) is 4.79 Å². The van der Waals surface area contributed by atoms with Gasteiger partial charge in [-0.15, -0.1) is 0 Å². The topological polar surface area (TPSA) is 55.4 Å². The van der Waals surface area contributed by atoms with Crippen LogP contribution in [-0.4, -0.2) is 18.5 Å². The first-order chi connectivity index (χ1) is 12.4. The molecule has 0 saturated carbocycles. The molecular formula is C21H24ClNO3. The predicted molar refractivity (Wildman–Crippen MR) is 103 cm³/mol. The summed E-state index contributed by atoms with van der Waals surface area (Å²) in [7, 11) is 0. The number of halogens is 1. The quantitative estimate of drug-likeness (QED) is 0.723. The Morgan fingerprint density at radius 3 is 2.31 bits per heavy atom. The average molecular weight is 374 g/mol. The van der Waals surface area contributed by atoms with Crippen LogP contribution in [-0.2, 0) is 16.0 Å². The molecule has 2 rings (SSSR count). The Hall–Kier alpha value is -2.33. The van der Waals surface area contributed by atoms with Crippen LogP contribution in [0.15, 0.2) is 48.5 Å². The smallest absolute Gasteiger partial charge is 0.340 e. The van der Waals surface area contributed by atoms with Crippen molar-refractivity contribution in [2.75, 3.05) is 6.61 Å². The summed E-state index contributed by atoms with van der Waals surface area (Å²) in [5.74, 6) is -0.369. The molecule has 1 amide bonds. The van der Waals surface area contributed by atoms with E-state index in [9.17, 15) is 9.59 Å². The molecule has 0 aliphatic heterocycles. The van der Waals surface area contributed by atoms with Crippen LogP contribution in [0.3, 0.4) is 0 Å². The van der Waals surface area contributed by atoms with Crippen molar-refractivity contribution in [3.8, 4) is 0 Å². The van der Waals surface area contributed by atoms with E-state index in [-0.39, 0.29) is 24.1 Å². The molecule has 4 nitrogen and oxygen atoms in total. The lowest BCUT2D eigenvalue weighted by atomic mass is 10.00. The molecule has 26 heavy (non-hydrogen) atoms. The number of benzene rings is 2. The molecule has 0 aromatic heterocycles. The molecule has 1 N–H and O–H groups in total. The highest BCUT2D eigenvalue weighted by Gasteiger charge is 2.15. The van der Waals surface area contributed by atoms with Gasteiger partial charge in [0.2, 0.25) is 0 Å². The second-order valence-corrected chi connectivity index (χ2v) is 7.09. The maximum atomic E-state index is 12.0. The van der Waals surface area contributed by atoms with Crippen molar-refractivity contribution < 1.29 is 14.3 Å². The van der Waals surface area contributed by atoms with Crippen LogP contribution >= 0.6 is 11.6 Å². The fourth-order valence-corrected chi connectivity index (χ4v) is 2.83. The molecule has 2 aromatic carbocycles. The van der Waals surface area contributed by atoms with Crippen LogP contribution < -0.4 is 5.32 Å². The largest absolute Gasteiger partial charge is 0.452 e. The lowest BCUT2D eigenvalue weighted by Crippen LogP contribution is -2.31. The Kier molecular flexibility index (Phi) is 7.22. The highest BCUT2D eigenvalue weighted by Crippen LogP contribution is 2.17. The maximum Gasteiger partial charge on any atom is 0.340 e. The first kappa shape index (κ1) is 20.0. The summed E-state index contributed by atoms with van der Waals surface area (Å²) in [6, 6.07) is 14.6. The molecular weight excluding hydrogens is 350 g/mol. The minimum atomic E-state index is -0.614. The molecule has 138 valence electrons. The van der Waals surface area contributed by atoms with Gasteiger partial charge in [-0.2, -0.15) is 0 Å². The Morgan fingerprint density at radius 1 is 1.04 bits per heavy atom. The van der Waals surface area contributed by atoms with E-state index in [1.54, 1.807) is 24.3 Å². The number of esters is 1. The lowest BCUT2D eigenvalue weighted by molar-refractivity contribution is -0.124. The van der Waals surface area contributed by atoms with E-state index in [0.717, 1.165) is 12.0 Å². The molecule has 0 radical (unpaired) electrons. The zero-order chi connectivity index (χ0) is 19.1. The summed E-state index contributed by atoms with van der Waals surface area (Å²) in [6.45, 7) is 5.91. The number of hydrogen-bond donors (Lipinski definition) is 1. The van der Waals surface area contributed by atoms with E-state index >= 15 is 0 Å². The Balaban J connectivity index is 1.85. The first-order valence-electron chi connectivity index (χ1n) is 8.66. The summed E-state index contributed by atoms with van der Waals surface area (Å²) in [6.07, 6.45) is 1.03. The van der Waals surface area contributed by atoms with E-state index in [0.29, 0.717) is 10.9 Å². The van der Waals surface area contributed by atoms with Gasteiger partial charge in [0.1, 0.15) is 0 Å². The minimum absolute atomic E-state index is 0.172. The van der Waals surface area contributed by atoms with Gasteiger partial charge in [0.05, 0.1) is 16.6 Å². The molecule has 0 spiro atoms. The van der Waals surface area contributed by atoms with Gasteiger partial charge in [-0.1, -0.05) is 61.8 Å². The number of carbonyl (C=O) groups is 2. The highest BCUT2D eigenvalue weighted by molar-refractivity contribution is 6.33. The average Bonchev–Trinajstić information content (AvgIpc) is 2.60. The van der Waals surface area contributed by atoms with Crippen molar-refractivity contribution in [3.63, 3.8) is 0 Å². The third-order valence-electron chi connectivity index (χ3n) is 3.93. The van der Waals surface area contributed by atoms with Gasteiger partial charge >= 0.3 is 5.97 Å². The summed E-state index contributed by atoms with van der Waals surface area (Å²) >= 11 is 5.94. The minimum Gasteiger partial charge on any atom is -0.452 e. The molecule has 0 aliphatic carbocycles. The van der Waals surface area contributed by atoms with Crippen molar-refractivity contribution >= 4 is 23.5 Å². The molecule has 0 unspecified atom stereocenters. The van der Waals surface area contributed by atoms with E-state index < -0.39 is 5.97 Å². The second-order valence-electron chi connectivity index (χ2n) is 6.68. The zero-order valence-corrected chi connectivity index (χ0v) is 16.0. The summed E-state index contributed by atoms with van der Waals surface area (Å²) in [5.41, 5.74) is 2.52. The number of carbonyl (C=O) groups excluding carboxylic acids is 2. The molecule has 0 aliphatic rings. The summed E-state index contributed by atoms with van der Waals surface area (Å²) < 4.78 is 5.03. The molecule has 0 saturated heterocycles. The monoisotopic (exact) mass is 373 g/mol. The Labute approximate surface area is 159 Å². The normalized spacial score (nSPS) is 11.9. The third-order valence-corrected chi connectivity index (χ3v) is 4.26. The Morgan fingerprint density at radius 2 is 1.69 bits per heavy atom. The molecule has 5 heteroatoms. The molecule has 0 heterocycles. The van der Waals surface area contributed by atoms with E-state index in [2.05, 4.69) is 31.3 Å². The number of amides is 1. The summed E-state index contributed by atoms with van der Waals surface area (Å²) in [4.78, 5) is 24.0. The zero-order valence-electron chi connectivity index (χ0n) is 15.3. The van der Waals surface area contributed by atoms with Gasteiger partial charge < -0.3 is 10.1 Å². The Bertz CT molecular complexity index is 756. The fraction of sp³-hybridized carbons (Fsp3) is 0.333. The molecule has 2 aromatic rings. The molecule has 0 fully saturated rings. The second kappa shape index (κ2) is 9.39. The van der Waals surface area contributed by atoms with Crippen LogP contribution in [0.5, 0.6) is 0 Å². The van der Waals surface area contributed by atoms with Crippen LogP contribution in [0.2, 0.25) is 5.02 Å². The van der Waals surface area contributed by atoms with Crippen LogP contribution in [0.25, 0.3) is 0 Å². The molecule has 0 bridgehead atoms. The van der Waals surface area contributed by atoms with E-state index in [4.69, 9.17) is 16.3 Å². The number of nitrogens with one attached hydrogen (secondary N) is 1. The standard InChI is InChI=1S/C21H24ClNO3/c1-14(2)12-16-8-10-17(11-9-16)15(3)23-20(24)13-26-21(25)18-6-4-5-7-19(18)22/h4-11,14-15H,12-13H2,1-3H3,(H,23,24)/t15-/m1/s1. The molecule has 1 atom stereocenters. The predicted octanol–water partition coefficient (Wildman–Crippen LogP) is 4.57. The van der Waals surface area contributed by atoms with Crippen molar-refractivity contribution in [1.82, 2.24) is 5.32 Å². The SMILES string of the molecule is CC(C)Cc1ccc([C@@H](C)NC(=O)COC(=O)c2ccccc2Cl)cc1. The first-order valence-corrected chi connectivity index (χ1v) is 9.04. The third kappa shape index (κ3) is 5.88. The fourth-order valence-electron chi connectivity index (χ4n) is 2.62. The van der Waals surface area contributed by atoms with Crippen molar-refractivity contribution in [3.05, 3.63) is 70.2 Å². The van der Waals surface area contributed by atoms with Gasteiger partial charge in [0.25, 0.3) is 5.91 Å². The van der Waals surface area contributed by atoms with Crippen molar-refractivity contribution in [2.24, 2.45) is 5.92 Å². The highest BCUT2D eigenvalue weighted by atomic mass is 35.5. The van der Waals surface area contributed by atoms with E-state index in [1.807, 2.05) is 19.1 Å². The van der Waals surface area contributed by atoms with Crippen LogP contribution in [0, 0.1) is 5.92 Å². The van der Waals surface area contributed by atoms with Crippen LogP contribution in [0.4, 0.5) is 0 Å². The van der Waals surface area contributed by atoms with E-state index in [1.165, 1.54) is 5.56 Å². The lowest BCUT2D eigenvalue weighted by Gasteiger charge is -2.15. The maximum absolute atomic E-state index is 12.0. The van der Waals surface area contributed by atoms with Crippen molar-refractivity contribution in [1.29, 1.82) is 0 Å². The number of rotatable bonds is 7. The van der Waals surface area contributed by atoms with Crippen LogP contribution in [0.1, 0.15) is 48.3 Å². The summed E-state index contributed by atoms with van der Waals surface area (Å²) in [5, 5.41) is 3.13.